The van der Waals surface area contributed by atoms with E-state index in [4.69, 9.17) is 0 Å². The van der Waals surface area contributed by atoms with Gasteiger partial charge in [0.15, 0.2) is 0 Å². The predicted molar refractivity (Wildman–Crippen MR) is 109 cm³/mol. The second kappa shape index (κ2) is 9.01. The van der Waals surface area contributed by atoms with Crippen LogP contribution in [0.1, 0.15) is 30.9 Å². The Kier molecular flexibility index (Phi) is 7.00. The first-order valence-electron chi connectivity index (χ1n) is 8.85. The number of sulfonamides is 1. The Bertz CT molecular complexity index is 810. The maximum absolute atomic E-state index is 12.8. The molecule has 1 N–H and O–H groups in total. The number of nitrogens with one attached hydrogen (secondary N) is 1. The van der Waals surface area contributed by atoms with Gasteiger partial charge in [0.1, 0.15) is 0 Å². The Labute approximate surface area is 157 Å². The van der Waals surface area contributed by atoms with Crippen molar-refractivity contribution in [2.45, 2.75) is 31.1 Å². The molecule has 2 aromatic rings. The van der Waals surface area contributed by atoms with Gasteiger partial charge in [-0.25, -0.2) is 8.42 Å². The van der Waals surface area contributed by atoms with Crippen molar-refractivity contribution in [2.75, 3.05) is 24.4 Å². The van der Waals surface area contributed by atoms with E-state index in [1.165, 1.54) is 4.31 Å². The summed E-state index contributed by atoms with van der Waals surface area (Å²) in [6, 6.07) is 14.8. The molecule has 0 saturated heterocycles. The van der Waals surface area contributed by atoms with Crippen LogP contribution in [-0.2, 0) is 16.4 Å². The molecule has 0 heterocycles. The molecule has 0 atom stereocenters. The Morgan fingerprint density at radius 2 is 1.69 bits per heavy atom. The standard InChI is InChI=1S/C21H28N2O2S/c1-5-15-22-16-14-18-6-10-20(11-7-18)23(4)26(24,25)21-12-8-19(9-13-21)17(2)3/h5-13,17,22H,1,14-16H2,2-4H3. The minimum Gasteiger partial charge on any atom is -0.313 e. The molecule has 2 aromatic carbocycles. The van der Waals surface area contributed by atoms with E-state index < -0.39 is 10.0 Å². The summed E-state index contributed by atoms with van der Waals surface area (Å²) in [6.07, 6.45) is 2.72. The lowest BCUT2D eigenvalue weighted by Gasteiger charge is -2.20. The molecule has 0 aliphatic rings. The van der Waals surface area contributed by atoms with Crippen molar-refractivity contribution in [3.63, 3.8) is 0 Å². The van der Waals surface area contributed by atoms with Crippen molar-refractivity contribution < 1.29 is 8.42 Å². The predicted octanol–water partition coefficient (Wildman–Crippen LogP) is 3.95. The quantitative estimate of drug-likeness (QED) is 0.535. The molecule has 2 rings (SSSR count). The molecule has 4 nitrogen and oxygen atoms in total. The van der Waals surface area contributed by atoms with Gasteiger partial charge in [0.2, 0.25) is 0 Å². The summed E-state index contributed by atoms with van der Waals surface area (Å²) < 4.78 is 27.0. The zero-order chi connectivity index (χ0) is 19.2. The lowest BCUT2D eigenvalue weighted by molar-refractivity contribution is 0.594. The molecule has 0 aliphatic heterocycles. The summed E-state index contributed by atoms with van der Waals surface area (Å²) in [5, 5.41) is 3.25. The molecule has 5 heteroatoms. The summed E-state index contributed by atoms with van der Waals surface area (Å²) in [5.41, 5.74) is 2.94. The molecule has 0 fully saturated rings. The Morgan fingerprint density at radius 1 is 1.08 bits per heavy atom. The molecule has 0 bridgehead atoms. The van der Waals surface area contributed by atoms with Gasteiger partial charge in [-0.2, -0.15) is 0 Å². The molecule has 0 aliphatic carbocycles. The van der Waals surface area contributed by atoms with Crippen molar-refractivity contribution in [3.8, 4) is 0 Å². The molecule has 0 spiro atoms. The summed E-state index contributed by atoms with van der Waals surface area (Å²) >= 11 is 0. The third-order valence-electron chi connectivity index (χ3n) is 4.38. The second-order valence-electron chi connectivity index (χ2n) is 6.61. The minimum absolute atomic E-state index is 0.308. The van der Waals surface area contributed by atoms with Gasteiger partial charge in [-0.15, -0.1) is 6.58 Å². The van der Waals surface area contributed by atoms with Crippen LogP contribution in [0.4, 0.5) is 5.69 Å². The molecular formula is C21H28N2O2S. The molecule has 0 amide bonds. The fourth-order valence-corrected chi connectivity index (χ4v) is 3.83. The van der Waals surface area contributed by atoms with Crippen LogP contribution in [0.3, 0.4) is 0 Å². The highest BCUT2D eigenvalue weighted by atomic mass is 32.2. The van der Waals surface area contributed by atoms with Gasteiger partial charge in [0.05, 0.1) is 10.6 Å². The summed E-state index contributed by atoms with van der Waals surface area (Å²) in [5.74, 6) is 0.373. The maximum Gasteiger partial charge on any atom is 0.264 e. The SMILES string of the molecule is C=CCNCCc1ccc(N(C)S(=O)(=O)c2ccc(C(C)C)cc2)cc1. The van der Waals surface area contributed by atoms with Crippen molar-refractivity contribution in [1.29, 1.82) is 0 Å². The van der Waals surface area contributed by atoms with Crippen LogP contribution in [0.15, 0.2) is 66.1 Å². The number of anilines is 1. The monoisotopic (exact) mass is 372 g/mol. The van der Waals surface area contributed by atoms with E-state index in [0.29, 0.717) is 16.5 Å². The average Bonchev–Trinajstić information content (AvgIpc) is 2.65. The largest absolute Gasteiger partial charge is 0.313 e. The van der Waals surface area contributed by atoms with E-state index in [-0.39, 0.29) is 0 Å². The zero-order valence-corrected chi connectivity index (χ0v) is 16.6. The smallest absolute Gasteiger partial charge is 0.264 e. The van der Waals surface area contributed by atoms with Gasteiger partial charge < -0.3 is 5.32 Å². The Morgan fingerprint density at radius 3 is 2.23 bits per heavy atom. The van der Waals surface area contributed by atoms with E-state index in [0.717, 1.165) is 30.6 Å². The second-order valence-corrected chi connectivity index (χ2v) is 8.57. The Hall–Kier alpha value is -2.11. The molecule has 0 radical (unpaired) electrons. The third-order valence-corrected chi connectivity index (χ3v) is 6.18. The molecule has 140 valence electrons. The topological polar surface area (TPSA) is 49.4 Å². The van der Waals surface area contributed by atoms with Crippen LogP contribution in [0.5, 0.6) is 0 Å². The highest BCUT2D eigenvalue weighted by molar-refractivity contribution is 7.92. The highest BCUT2D eigenvalue weighted by Crippen LogP contribution is 2.24. The number of hydrogen-bond acceptors (Lipinski definition) is 3. The van der Waals surface area contributed by atoms with E-state index in [1.54, 1.807) is 19.2 Å². The minimum atomic E-state index is -3.56. The first kappa shape index (κ1) is 20.2. The van der Waals surface area contributed by atoms with Gasteiger partial charge in [-0.1, -0.05) is 44.2 Å². The van der Waals surface area contributed by atoms with E-state index in [9.17, 15) is 8.42 Å². The van der Waals surface area contributed by atoms with Gasteiger partial charge in [0, 0.05) is 13.6 Å². The normalized spacial score (nSPS) is 11.5. The van der Waals surface area contributed by atoms with Crippen molar-refractivity contribution in [2.24, 2.45) is 0 Å². The first-order chi connectivity index (χ1) is 12.4. The van der Waals surface area contributed by atoms with Crippen LogP contribution < -0.4 is 9.62 Å². The third kappa shape index (κ3) is 4.96. The average molecular weight is 373 g/mol. The lowest BCUT2D eigenvalue weighted by Crippen LogP contribution is -2.26. The van der Waals surface area contributed by atoms with E-state index in [1.807, 2.05) is 42.5 Å². The number of hydrogen-bond donors (Lipinski definition) is 1. The molecule has 0 saturated carbocycles. The lowest BCUT2D eigenvalue weighted by atomic mass is 10.0. The first-order valence-corrected chi connectivity index (χ1v) is 10.3. The maximum atomic E-state index is 12.8. The molecule has 26 heavy (non-hydrogen) atoms. The summed E-state index contributed by atoms with van der Waals surface area (Å²) in [4.78, 5) is 0.308. The van der Waals surface area contributed by atoms with Gasteiger partial charge in [0.25, 0.3) is 10.0 Å². The van der Waals surface area contributed by atoms with Gasteiger partial charge in [-0.3, -0.25) is 4.31 Å². The fourth-order valence-electron chi connectivity index (χ4n) is 2.63. The number of benzene rings is 2. The number of nitrogens with zero attached hydrogens (tertiary/aromatic N) is 1. The zero-order valence-electron chi connectivity index (χ0n) is 15.8. The molecule has 0 unspecified atom stereocenters. The van der Waals surface area contributed by atoms with Gasteiger partial charge in [-0.05, 0) is 54.3 Å². The van der Waals surface area contributed by atoms with Crippen molar-refractivity contribution in [3.05, 3.63) is 72.3 Å². The highest BCUT2D eigenvalue weighted by Gasteiger charge is 2.21. The van der Waals surface area contributed by atoms with Gasteiger partial charge >= 0.3 is 0 Å². The number of rotatable bonds is 9. The van der Waals surface area contributed by atoms with Crippen LogP contribution in [0.25, 0.3) is 0 Å². The van der Waals surface area contributed by atoms with Crippen LogP contribution in [0.2, 0.25) is 0 Å². The van der Waals surface area contributed by atoms with Crippen molar-refractivity contribution >= 4 is 15.7 Å². The van der Waals surface area contributed by atoms with Crippen LogP contribution >= 0.6 is 0 Å². The van der Waals surface area contributed by atoms with Crippen LogP contribution in [0, 0.1) is 0 Å². The van der Waals surface area contributed by atoms with Crippen LogP contribution in [-0.4, -0.2) is 28.6 Å². The van der Waals surface area contributed by atoms with E-state index >= 15 is 0 Å². The van der Waals surface area contributed by atoms with E-state index in [2.05, 4.69) is 25.7 Å². The van der Waals surface area contributed by atoms with Crippen molar-refractivity contribution in [1.82, 2.24) is 5.32 Å². The molecule has 0 aromatic heterocycles. The summed E-state index contributed by atoms with van der Waals surface area (Å²) in [6.45, 7) is 9.50. The molecular weight excluding hydrogens is 344 g/mol. The Balaban J connectivity index is 2.11. The fraction of sp³-hybridized carbons (Fsp3) is 0.333. The summed E-state index contributed by atoms with van der Waals surface area (Å²) in [7, 11) is -1.97.